The molecule has 15 heteroatoms. The predicted molar refractivity (Wildman–Crippen MR) is 137 cm³/mol. The molecule has 5 heterocycles. The van der Waals surface area contributed by atoms with Crippen LogP contribution in [0.2, 0.25) is 0 Å². The third-order valence-corrected chi connectivity index (χ3v) is 6.78. The zero-order valence-electron chi connectivity index (χ0n) is 21.9. The number of nitrogens with two attached hydrogens (primary N) is 1. The molecular formula is C25H30F3N7O5. The normalized spacial score (nSPS) is 22.1. The Kier molecular flexibility index (Phi) is 7.46. The molecule has 2 aromatic heterocycles. The van der Waals surface area contributed by atoms with Gasteiger partial charge >= 0.3 is 12.2 Å². The van der Waals surface area contributed by atoms with Crippen LogP contribution >= 0.6 is 0 Å². The zero-order valence-corrected chi connectivity index (χ0v) is 21.9. The van der Waals surface area contributed by atoms with Gasteiger partial charge < -0.3 is 30.2 Å². The van der Waals surface area contributed by atoms with Crippen LogP contribution in [-0.4, -0.2) is 84.9 Å². The van der Waals surface area contributed by atoms with E-state index in [0.29, 0.717) is 37.6 Å². The number of ether oxygens (including phenoxy) is 3. The molecule has 12 nitrogen and oxygen atoms in total. The number of pyridine rings is 2. The molecule has 0 saturated carbocycles. The minimum absolute atomic E-state index is 0.136. The maximum absolute atomic E-state index is 13.5. The van der Waals surface area contributed by atoms with Crippen molar-refractivity contribution in [1.29, 1.82) is 0 Å². The number of rotatable bonds is 7. The maximum Gasteiger partial charge on any atom is 0.405 e. The van der Waals surface area contributed by atoms with Crippen LogP contribution < -0.4 is 30.9 Å². The lowest BCUT2D eigenvalue weighted by atomic mass is 10.1. The second-order valence-electron chi connectivity index (χ2n) is 10.2. The Morgan fingerprint density at radius 3 is 2.83 bits per heavy atom. The molecule has 2 saturated heterocycles. The van der Waals surface area contributed by atoms with Crippen LogP contribution in [0.1, 0.15) is 30.8 Å². The molecule has 5 rings (SSSR count). The fraction of sp³-hybridized carbons (Fsp3) is 0.520. The van der Waals surface area contributed by atoms with Crippen molar-refractivity contribution < 1.29 is 37.0 Å². The highest BCUT2D eigenvalue weighted by Crippen LogP contribution is 2.39. The Morgan fingerprint density at radius 2 is 2.10 bits per heavy atom. The van der Waals surface area contributed by atoms with Gasteiger partial charge in [0, 0.05) is 31.9 Å². The molecule has 0 spiro atoms. The molecule has 2 aromatic rings. The molecule has 40 heavy (non-hydrogen) atoms. The minimum atomic E-state index is -4.65. The number of carbonyl (C=O) groups is 2. The van der Waals surface area contributed by atoms with Gasteiger partial charge in [0.05, 0.1) is 18.3 Å². The van der Waals surface area contributed by atoms with Crippen LogP contribution in [0.3, 0.4) is 0 Å². The SMILES string of the molecule is CC1(C)OC[C@H](COc2ccnc(NC(=O)N3c4nc(C(=O)NCC(N)C(F)(F)F)ccc4N4CC[C@H]3C4)c2)O1. The van der Waals surface area contributed by atoms with E-state index >= 15 is 0 Å². The summed E-state index contributed by atoms with van der Waals surface area (Å²) in [6.45, 7) is 4.75. The molecule has 2 bridgehead atoms. The van der Waals surface area contributed by atoms with Gasteiger partial charge in [-0.15, -0.1) is 0 Å². The fourth-order valence-corrected chi connectivity index (χ4v) is 4.78. The van der Waals surface area contributed by atoms with Crippen LogP contribution in [0.5, 0.6) is 5.75 Å². The summed E-state index contributed by atoms with van der Waals surface area (Å²) in [5.41, 5.74) is 5.59. The Labute approximate surface area is 228 Å². The number of aromatic nitrogens is 2. The molecule has 1 unspecified atom stereocenters. The number of hydrogen-bond donors (Lipinski definition) is 3. The average Bonchev–Trinajstić information content (AvgIpc) is 3.48. The van der Waals surface area contributed by atoms with Crippen molar-refractivity contribution >= 4 is 29.3 Å². The van der Waals surface area contributed by atoms with Gasteiger partial charge in [-0.05, 0) is 38.5 Å². The molecule has 0 radical (unpaired) electrons. The Balaban J connectivity index is 1.28. The quantitative estimate of drug-likeness (QED) is 0.461. The van der Waals surface area contributed by atoms with E-state index in [2.05, 4.69) is 20.6 Å². The Hall–Kier alpha value is -3.69. The van der Waals surface area contributed by atoms with E-state index in [4.69, 9.17) is 19.9 Å². The first-order valence-electron chi connectivity index (χ1n) is 12.8. The van der Waals surface area contributed by atoms with Crippen molar-refractivity contribution in [2.24, 2.45) is 5.73 Å². The lowest BCUT2D eigenvalue weighted by Crippen LogP contribution is -2.49. The van der Waals surface area contributed by atoms with E-state index in [1.165, 1.54) is 17.2 Å². The number of amides is 3. The summed E-state index contributed by atoms with van der Waals surface area (Å²) in [6.07, 6.45) is -2.72. The summed E-state index contributed by atoms with van der Waals surface area (Å²) in [5.74, 6) is -0.562. The monoisotopic (exact) mass is 565 g/mol. The highest BCUT2D eigenvalue weighted by molar-refractivity contribution is 6.05. The zero-order chi connectivity index (χ0) is 28.7. The van der Waals surface area contributed by atoms with Gasteiger partial charge in [0.1, 0.15) is 36.0 Å². The van der Waals surface area contributed by atoms with E-state index in [1.54, 1.807) is 18.2 Å². The topological polar surface area (TPSA) is 144 Å². The Bertz CT molecular complexity index is 1280. The maximum atomic E-state index is 13.5. The lowest BCUT2D eigenvalue weighted by molar-refractivity contribution is -0.146. The van der Waals surface area contributed by atoms with Gasteiger partial charge in [0.15, 0.2) is 11.6 Å². The van der Waals surface area contributed by atoms with Gasteiger partial charge in [-0.1, -0.05) is 0 Å². The fourth-order valence-electron chi connectivity index (χ4n) is 4.78. The summed E-state index contributed by atoms with van der Waals surface area (Å²) in [6, 6.07) is 3.31. The Morgan fingerprint density at radius 1 is 1.30 bits per heavy atom. The van der Waals surface area contributed by atoms with E-state index < -0.39 is 36.5 Å². The van der Waals surface area contributed by atoms with Crippen LogP contribution in [0.4, 0.5) is 35.3 Å². The molecule has 0 aromatic carbocycles. The summed E-state index contributed by atoms with van der Waals surface area (Å²) in [5, 5.41) is 4.92. The molecule has 3 aliphatic rings. The number of hydrogen-bond acceptors (Lipinski definition) is 9. The summed E-state index contributed by atoms with van der Waals surface area (Å²) in [7, 11) is 0. The summed E-state index contributed by atoms with van der Waals surface area (Å²) >= 11 is 0. The number of nitrogens with one attached hydrogen (secondary N) is 2. The van der Waals surface area contributed by atoms with E-state index in [0.717, 1.165) is 0 Å². The molecule has 0 aliphatic carbocycles. The summed E-state index contributed by atoms with van der Waals surface area (Å²) in [4.78, 5) is 38.1. The predicted octanol–water partition coefficient (Wildman–Crippen LogP) is 2.26. The first-order chi connectivity index (χ1) is 18.9. The molecule has 4 N–H and O–H groups in total. The van der Waals surface area contributed by atoms with Crippen LogP contribution in [0.15, 0.2) is 30.5 Å². The van der Waals surface area contributed by atoms with Crippen molar-refractivity contribution in [3.05, 3.63) is 36.2 Å². The molecule has 3 amide bonds. The van der Waals surface area contributed by atoms with Crippen LogP contribution in [0.25, 0.3) is 0 Å². The third-order valence-electron chi connectivity index (χ3n) is 6.78. The standard InChI is InChI=1S/C25H30F3N7O5/c1-24(2)39-13-16(40-24)12-38-15-5-7-30-20(9-15)33-23(37)35-14-6-8-34(11-14)18-4-3-17(32-21(18)35)22(36)31-10-19(29)25(26,27)28/h3-5,7,9,14,16,19H,6,8,10-13,29H2,1-2H3,(H,31,36)(H,30,33,37)/t14-,16-,19?/m0/s1. The summed E-state index contributed by atoms with van der Waals surface area (Å²) < 4.78 is 55.3. The molecule has 3 aliphatic heterocycles. The molecular weight excluding hydrogens is 535 g/mol. The van der Waals surface area contributed by atoms with Gasteiger partial charge in [0.2, 0.25) is 0 Å². The van der Waals surface area contributed by atoms with Gasteiger partial charge in [0.25, 0.3) is 5.91 Å². The third kappa shape index (κ3) is 6.05. The second-order valence-corrected chi connectivity index (χ2v) is 10.2. The number of urea groups is 1. The molecule has 216 valence electrons. The van der Waals surface area contributed by atoms with E-state index in [-0.39, 0.29) is 36.1 Å². The number of fused-ring (bicyclic) bond motifs is 4. The van der Waals surface area contributed by atoms with Crippen LogP contribution in [0, 0.1) is 0 Å². The van der Waals surface area contributed by atoms with Gasteiger partial charge in [-0.3, -0.25) is 15.0 Å². The van der Waals surface area contributed by atoms with Gasteiger partial charge in [-0.25, -0.2) is 14.8 Å². The second kappa shape index (κ2) is 10.7. The van der Waals surface area contributed by atoms with E-state index in [1.807, 2.05) is 18.7 Å². The largest absolute Gasteiger partial charge is 0.491 e. The van der Waals surface area contributed by atoms with Crippen LogP contribution in [-0.2, 0) is 9.47 Å². The highest BCUT2D eigenvalue weighted by Gasteiger charge is 2.41. The van der Waals surface area contributed by atoms with Crippen molar-refractivity contribution in [2.75, 3.05) is 48.0 Å². The lowest BCUT2D eigenvalue weighted by Gasteiger charge is -2.35. The first kappa shape index (κ1) is 27.9. The smallest absolute Gasteiger partial charge is 0.405 e. The van der Waals surface area contributed by atoms with Crippen molar-refractivity contribution in [3.63, 3.8) is 0 Å². The molecule has 3 atom stereocenters. The number of anilines is 3. The van der Waals surface area contributed by atoms with Crippen molar-refractivity contribution in [1.82, 2.24) is 15.3 Å². The van der Waals surface area contributed by atoms with Crippen molar-refractivity contribution in [3.8, 4) is 5.75 Å². The number of alkyl halides is 3. The highest BCUT2D eigenvalue weighted by atomic mass is 19.4. The van der Waals surface area contributed by atoms with Gasteiger partial charge in [-0.2, -0.15) is 13.2 Å². The number of carbonyl (C=O) groups excluding carboxylic acids is 2. The van der Waals surface area contributed by atoms with E-state index in [9.17, 15) is 22.8 Å². The first-order valence-corrected chi connectivity index (χ1v) is 12.8. The molecule has 2 fully saturated rings. The minimum Gasteiger partial charge on any atom is -0.491 e. The number of nitrogens with zero attached hydrogens (tertiary/aromatic N) is 4. The van der Waals surface area contributed by atoms with Crippen molar-refractivity contribution in [2.45, 2.75) is 50.4 Å². The average molecular weight is 566 g/mol. The number of halogens is 3.